The van der Waals surface area contributed by atoms with Crippen LogP contribution in [0.3, 0.4) is 0 Å². The van der Waals surface area contributed by atoms with Crippen LogP contribution in [0.2, 0.25) is 0 Å². The lowest BCUT2D eigenvalue weighted by atomic mass is 9.86. The van der Waals surface area contributed by atoms with Crippen molar-refractivity contribution in [2.24, 2.45) is 7.05 Å². The normalized spacial score (nSPS) is 16.7. The molecule has 0 saturated carbocycles. The molecule has 1 aliphatic carbocycles. The average Bonchev–Trinajstić information content (AvgIpc) is 2.91. The molecule has 0 aliphatic heterocycles. The summed E-state index contributed by atoms with van der Waals surface area (Å²) in [5, 5.41) is 7.24. The Kier molecular flexibility index (Phi) is 5.43. The molecule has 25 heavy (non-hydrogen) atoms. The Labute approximate surface area is 149 Å². The molecule has 1 aromatic carbocycles. The van der Waals surface area contributed by atoms with E-state index in [2.05, 4.69) is 52.6 Å². The Bertz CT molecular complexity index is 712. The van der Waals surface area contributed by atoms with Crippen LogP contribution in [0.15, 0.2) is 18.2 Å². The van der Waals surface area contributed by atoms with Gasteiger partial charge in [0.1, 0.15) is 5.75 Å². The molecule has 0 bridgehead atoms. The minimum Gasteiger partial charge on any atom is -0.493 e. The Morgan fingerprint density at radius 1 is 1.40 bits per heavy atom. The molecular formula is C18H28N6O. The van der Waals surface area contributed by atoms with E-state index in [1.807, 2.05) is 7.05 Å². The van der Waals surface area contributed by atoms with Gasteiger partial charge in [-0.3, -0.25) is 0 Å². The second-order valence-electron chi connectivity index (χ2n) is 6.74. The van der Waals surface area contributed by atoms with Gasteiger partial charge in [-0.15, -0.1) is 5.10 Å². The zero-order valence-electron chi connectivity index (χ0n) is 15.3. The van der Waals surface area contributed by atoms with Crippen LogP contribution in [-0.2, 0) is 13.5 Å². The molecule has 0 spiro atoms. The van der Waals surface area contributed by atoms with Crippen LogP contribution >= 0.6 is 0 Å². The lowest BCUT2D eigenvalue weighted by Gasteiger charge is -2.31. The van der Waals surface area contributed by atoms with E-state index in [1.54, 1.807) is 4.68 Å². The standard InChI is InChI=1S/C18H28N6O/c1-23(2)15-9-4-8-14-13(15)7-5-10-16(14)25-12-6-11-20-18-21-17(19)22-24(18)3/h5,7,10,15H,4,6,8-9,11-12H2,1-3H3,(H3,19,20,21,22). The van der Waals surface area contributed by atoms with Gasteiger partial charge in [-0.1, -0.05) is 12.1 Å². The molecule has 1 atom stereocenters. The van der Waals surface area contributed by atoms with Crippen LogP contribution < -0.4 is 15.8 Å². The molecule has 7 nitrogen and oxygen atoms in total. The van der Waals surface area contributed by atoms with Crippen LogP contribution in [0.1, 0.15) is 36.4 Å². The molecule has 1 unspecified atom stereocenters. The third-order valence-electron chi connectivity index (χ3n) is 4.70. The summed E-state index contributed by atoms with van der Waals surface area (Å²) in [6.07, 6.45) is 4.42. The van der Waals surface area contributed by atoms with E-state index >= 15 is 0 Å². The third kappa shape index (κ3) is 4.04. The summed E-state index contributed by atoms with van der Waals surface area (Å²) < 4.78 is 7.72. The number of nitrogen functional groups attached to an aromatic ring is 1. The topological polar surface area (TPSA) is 81.2 Å². The second kappa shape index (κ2) is 7.74. The molecule has 1 aliphatic rings. The van der Waals surface area contributed by atoms with Gasteiger partial charge in [0.25, 0.3) is 0 Å². The van der Waals surface area contributed by atoms with Crippen molar-refractivity contribution in [3.63, 3.8) is 0 Å². The predicted molar refractivity (Wildman–Crippen MR) is 99.8 cm³/mol. The number of rotatable bonds is 7. The zero-order valence-corrected chi connectivity index (χ0v) is 15.3. The van der Waals surface area contributed by atoms with Crippen LogP contribution in [0.4, 0.5) is 11.9 Å². The van der Waals surface area contributed by atoms with Gasteiger partial charge >= 0.3 is 0 Å². The first kappa shape index (κ1) is 17.5. The number of ether oxygens (including phenoxy) is 1. The first-order valence-corrected chi connectivity index (χ1v) is 8.87. The van der Waals surface area contributed by atoms with Crippen molar-refractivity contribution in [1.82, 2.24) is 19.7 Å². The van der Waals surface area contributed by atoms with Gasteiger partial charge in [0.05, 0.1) is 6.61 Å². The molecular weight excluding hydrogens is 316 g/mol. The number of hydrogen-bond acceptors (Lipinski definition) is 6. The van der Waals surface area contributed by atoms with E-state index in [9.17, 15) is 0 Å². The van der Waals surface area contributed by atoms with Gasteiger partial charge in [-0.05, 0) is 57.0 Å². The van der Waals surface area contributed by atoms with E-state index < -0.39 is 0 Å². The van der Waals surface area contributed by atoms with Gasteiger partial charge in [-0.25, -0.2) is 4.68 Å². The second-order valence-corrected chi connectivity index (χ2v) is 6.74. The third-order valence-corrected chi connectivity index (χ3v) is 4.70. The van der Waals surface area contributed by atoms with Crippen molar-refractivity contribution in [3.05, 3.63) is 29.3 Å². The van der Waals surface area contributed by atoms with Crippen LogP contribution in [-0.4, -0.2) is 46.9 Å². The lowest BCUT2D eigenvalue weighted by molar-refractivity contribution is 0.261. The molecule has 0 fully saturated rings. The number of fused-ring (bicyclic) bond motifs is 1. The van der Waals surface area contributed by atoms with Crippen LogP contribution in [0, 0.1) is 0 Å². The summed E-state index contributed by atoms with van der Waals surface area (Å²) in [4.78, 5) is 6.43. The fourth-order valence-electron chi connectivity index (χ4n) is 3.47. The molecule has 3 rings (SSSR count). The van der Waals surface area contributed by atoms with Crippen molar-refractivity contribution in [2.45, 2.75) is 31.7 Å². The van der Waals surface area contributed by atoms with Crippen molar-refractivity contribution in [3.8, 4) is 5.75 Å². The number of aromatic nitrogens is 3. The Hall–Kier alpha value is -2.28. The number of benzene rings is 1. The Morgan fingerprint density at radius 3 is 2.96 bits per heavy atom. The van der Waals surface area contributed by atoms with Gasteiger partial charge in [-0.2, -0.15) is 4.98 Å². The van der Waals surface area contributed by atoms with Crippen molar-refractivity contribution in [2.75, 3.05) is 38.3 Å². The molecule has 0 radical (unpaired) electrons. The summed E-state index contributed by atoms with van der Waals surface area (Å²) in [7, 11) is 6.12. The summed E-state index contributed by atoms with van der Waals surface area (Å²) >= 11 is 0. The first-order chi connectivity index (χ1) is 12.1. The molecule has 1 aromatic heterocycles. The van der Waals surface area contributed by atoms with Gasteiger partial charge < -0.3 is 20.7 Å². The largest absolute Gasteiger partial charge is 0.493 e. The van der Waals surface area contributed by atoms with Crippen molar-refractivity contribution in [1.29, 1.82) is 0 Å². The van der Waals surface area contributed by atoms with E-state index in [-0.39, 0.29) is 5.95 Å². The van der Waals surface area contributed by atoms with Crippen LogP contribution in [0.25, 0.3) is 0 Å². The molecule has 1 heterocycles. The van der Waals surface area contributed by atoms with Gasteiger partial charge in [0.15, 0.2) is 0 Å². The quantitative estimate of drug-likeness (QED) is 0.750. The molecule has 2 aromatic rings. The highest BCUT2D eigenvalue weighted by atomic mass is 16.5. The number of aryl methyl sites for hydroxylation is 1. The first-order valence-electron chi connectivity index (χ1n) is 8.87. The summed E-state index contributed by atoms with van der Waals surface area (Å²) in [6.45, 7) is 1.44. The molecule has 0 saturated heterocycles. The maximum Gasteiger partial charge on any atom is 0.241 e. The van der Waals surface area contributed by atoms with E-state index in [4.69, 9.17) is 10.5 Å². The number of nitrogens with one attached hydrogen (secondary N) is 1. The average molecular weight is 344 g/mol. The van der Waals surface area contributed by atoms with Gasteiger partial charge in [0, 0.05) is 19.6 Å². The zero-order chi connectivity index (χ0) is 17.8. The Balaban J connectivity index is 1.54. The van der Waals surface area contributed by atoms with E-state index in [1.165, 1.54) is 24.0 Å². The highest BCUT2D eigenvalue weighted by Gasteiger charge is 2.24. The monoisotopic (exact) mass is 344 g/mol. The minimum absolute atomic E-state index is 0.285. The fourth-order valence-corrected chi connectivity index (χ4v) is 3.47. The van der Waals surface area contributed by atoms with Crippen molar-refractivity contribution < 1.29 is 4.74 Å². The smallest absolute Gasteiger partial charge is 0.241 e. The van der Waals surface area contributed by atoms with Gasteiger partial charge in [0.2, 0.25) is 11.9 Å². The molecule has 0 amide bonds. The number of nitrogens with zero attached hydrogens (tertiary/aromatic N) is 4. The van der Waals surface area contributed by atoms with E-state index in [0.29, 0.717) is 18.6 Å². The summed E-state index contributed by atoms with van der Waals surface area (Å²) in [5.74, 6) is 2.00. The maximum absolute atomic E-state index is 6.08. The lowest BCUT2D eigenvalue weighted by Crippen LogP contribution is -2.24. The minimum atomic E-state index is 0.285. The highest BCUT2D eigenvalue weighted by molar-refractivity contribution is 5.43. The van der Waals surface area contributed by atoms with Crippen molar-refractivity contribution >= 4 is 11.9 Å². The summed E-state index contributed by atoms with van der Waals surface area (Å²) in [5.41, 5.74) is 8.37. The van der Waals surface area contributed by atoms with Crippen LogP contribution in [0.5, 0.6) is 5.75 Å². The summed E-state index contributed by atoms with van der Waals surface area (Å²) in [6, 6.07) is 6.94. The predicted octanol–water partition coefficient (Wildman–Crippen LogP) is 2.22. The molecule has 3 N–H and O–H groups in total. The highest BCUT2D eigenvalue weighted by Crippen LogP contribution is 2.37. The van der Waals surface area contributed by atoms with E-state index in [0.717, 1.165) is 25.1 Å². The SMILES string of the molecule is CN(C)C1CCCc2c(OCCCNc3nc(N)nn3C)cccc21. The number of hydrogen-bond donors (Lipinski definition) is 2. The molecule has 136 valence electrons. The Morgan fingerprint density at radius 2 is 2.24 bits per heavy atom. The number of anilines is 2. The number of nitrogens with two attached hydrogens (primary N) is 1. The molecule has 7 heteroatoms. The fraction of sp³-hybridized carbons (Fsp3) is 0.556. The maximum atomic E-state index is 6.08.